The summed E-state index contributed by atoms with van der Waals surface area (Å²) in [5.74, 6) is 9.11. The van der Waals surface area contributed by atoms with E-state index in [1.165, 1.54) is 0 Å². The second-order valence-electron chi connectivity index (χ2n) is 31.4. The fourth-order valence-electron chi connectivity index (χ4n) is 20.2. The first kappa shape index (κ1) is 68.6. The first-order chi connectivity index (χ1) is 37.0. The van der Waals surface area contributed by atoms with Crippen molar-refractivity contribution in [1.82, 2.24) is 0 Å². The maximum atomic E-state index is 10.8. The van der Waals surface area contributed by atoms with Crippen molar-refractivity contribution >= 4 is 0 Å². The largest absolute Gasteiger partial charge is 0.394 e. The van der Waals surface area contributed by atoms with Gasteiger partial charge in [-0.15, -0.1) is 0 Å². The van der Waals surface area contributed by atoms with Gasteiger partial charge in [0.1, 0.15) is 0 Å². The molecule has 0 radical (unpaired) electrons. The summed E-state index contributed by atoms with van der Waals surface area (Å²) in [6.07, 6.45) is 21.5. The Kier molecular flexibility index (Phi) is 22.6. The van der Waals surface area contributed by atoms with Gasteiger partial charge in [-0.25, -0.2) is 0 Å². The molecular weight excluding hydrogens is 1020 g/mol. The monoisotopic (exact) mass is 1140 g/mol. The third-order valence-electron chi connectivity index (χ3n) is 25.8. The molecule has 0 saturated heterocycles. The average Bonchev–Trinajstić information content (AvgIpc) is 3.41. The maximum Gasteiger partial charge on any atom is 0.0676 e. The molecule has 470 valence electrons. The normalized spacial score (nSPS) is 54.1. The Hall–Kier alpha value is -0.560. The predicted octanol–water partition coefficient (Wildman–Crippen LogP) is 7.24. The number of aliphatic hydroxyl groups is 14. The molecule has 16 aliphatic rings. The van der Waals surface area contributed by atoms with Crippen LogP contribution in [0, 0.1) is 118 Å². The Balaban J connectivity index is 0.000000161. The molecule has 16 fully saturated rings. The zero-order chi connectivity index (χ0) is 59.9. The number of aliphatic hydroxyl groups excluding tert-OH is 6. The molecule has 0 unspecified atom stereocenters. The highest BCUT2D eigenvalue weighted by Crippen LogP contribution is 2.63. The third-order valence-corrected chi connectivity index (χ3v) is 25.8. The van der Waals surface area contributed by atoms with Gasteiger partial charge in [-0.2, -0.15) is 0 Å². The molecule has 16 rings (SSSR count). The smallest absolute Gasteiger partial charge is 0.0676 e. The van der Waals surface area contributed by atoms with E-state index in [4.69, 9.17) is 30.6 Å². The lowest BCUT2D eigenvalue weighted by atomic mass is 9.49. The zero-order valence-electron chi connectivity index (χ0n) is 52.2. The SMILES string of the molecule is CC1C[C@@H]2C[C@H]3C[C@H](C[C@@H](C1)[C@@]3(C)O)[C@]2(C)O.CC1C[C@@H]2C[C@H]3C[C@H](C[C@@H](C1)[C@@]3(C)O)[C@]2(C)O.CC1C[C@H]2C[C@@H]3C[C@@H](C[C@H](C1)[C@]3(C)O)[C@@]2(C)O.CC1C[C@H]2C[C@@H]3C[C@@H](C[C@H](C1)[C@]3(C)O)[C@@]2(C)O.OCCO.OCCO.OCCO. The second-order valence-corrected chi connectivity index (χ2v) is 31.4. The molecular formula is C66H122O14. The summed E-state index contributed by atoms with van der Waals surface area (Å²) in [5, 5.41) is 132. The summed E-state index contributed by atoms with van der Waals surface area (Å²) in [5.41, 5.74) is -3.89. The van der Waals surface area contributed by atoms with Crippen molar-refractivity contribution in [2.75, 3.05) is 39.6 Å². The highest BCUT2D eigenvalue weighted by molar-refractivity contribution is 5.12. The predicted molar refractivity (Wildman–Crippen MR) is 312 cm³/mol. The van der Waals surface area contributed by atoms with Gasteiger partial charge in [0.15, 0.2) is 0 Å². The van der Waals surface area contributed by atoms with Crippen LogP contribution in [0.5, 0.6) is 0 Å². The molecule has 0 heterocycles. The van der Waals surface area contributed by atoms with Crippen LogP contribution in [0.15, 0.2) is 0 Å². The van der Waals surface area contributed by atoms with E-state index in [9.17, 15) is 40.9 Å². The zero-order valence-corrected chi connectivity index (χ0v) is 52.2. The Morgan fingerprint density at radius 1 is 0.188 bits per heavy atom. The molecule has 0 aromatic carbocycles. The van der Waals surface area contributed by atoms with Gasteiger partial charge in [0.2, 0.25) is 0 Å². The number of rotatable bonds is 3. The molecule has 16 aliphatic carbocycles. The quantitative estimate of drug-likeness (QED) is 0.133. The second kappa shape index (κ2) is 26.4. The standard InChI is InChI=1S/4C15H26O2.3C2H6O2/c4*1-9-4-10-6-13-8-12(14(10,2)16)7-11(5-9)15(13,3)17;3*3-1-2-4/h4*9-13,16-17H,4-8H2,1-3H3;3*3-4H,1-2H2/t4*10-,11-,12+,13+,14-,15-;;;/m1100.../s1. The van der Waals surface area contributed by atoms with Crippen molar-refractivity contribution in [3.63, 3.8) is 0 Å². The number of hydrogen-bond donors (Lipinski definition) is 14. The van der Waals surface area contributed by atoms with Crippen molar-refractivity contribution in [1.29, 1.82) is 0 Å². The van der Waals surface area contributed by atoms with Crippen LogP contribution >= 0.6 is 0 Å². The Morgan fingerprint density at radius 3 is 0.338 bits per heavy atom. The van der Waals surface area contributed by atoms with E-state index >= 15 is 0 Å². The molecule has 14 N–H and O–H groups in total. The van der Waals surface area contributed by atoms with Gasteiger partial charge in [0.25, 0.3) is 0 Å². The number of fused-ring (bicyclic) bond motifs is 8. The van der Waals surface area contributed by atoms with Gasteiger partial charge in [0, 0.05) is 0 Å². The molecule has 0 aliphatic heterocycles. The fourth-order valence-corrected chi connectivity index (χ4v) is 20.2. The highest BCUT2D eigenvalue weighted by Gasteiger charge is 2.62. The van der Waals surface area contributed by atoms with Gasteiger partial charge in [-0.1, -0.05) is 27.7 Å². The lowest BCUT2D eigenvalue weighted by Crippen LogP contribution is -2.61. The minimum absolute atomic E-state index is 0.125. The molecule has 80 heavy (non-hydrogen) atoms. The highest BCUT2D eigenvalue weighted by atomic mass is 16.3. The first-order valence-corrected chi connectivity index (χ1v) is 32.4. The number of hydrogen-bond acceptors (Lipinski definition) is 14. The summed E-state index contributed by atoms with van der Waals surface area (Å²) in [6.45, 7) is 24.8. The van der Waals surface area contributed by atoms with Gasteiger partial charge in [-0.05, 0) is 302 Å². The van der Waals surface area contributed by atoms with Crippen LogP contribution in [0.25, 0.3) is 0 Å². The lowest BCUT2D eigenvalue weighted by molar-refractivity contribution is -0.204. The van der Waals surface area contributed by atoms with Crippen LogP contribution in [-0.2, 0) is 0 Å². The van der Waals surface area contributed by atoms with Crippen molar-refractivity contribution in [3.8, 4) is 0 Å². The molecule has 0 aromatic rings. The molecule has 0 spiro atoms. The van der Waals surface area contributed by atoms with Gasteiger partial charge in [0.05, 0.1) is 84.4 Å². The summed E-state index contributed by atoms with van der Waals surface area (Å²) in [7, 11) is 0. The summed E-state index contributed by atoms with van der Waals surface area (Å²) in [6, 6.07) is 0. The lowest BCUT2D eigenvalue weighted by Gasteiger charge is -2.59. The Morgan fingerprint density at radius 2 is 0.263 bits per heavy atom. The van der Waals surface area contributed by atoms with E-state index in [0.29, 0.717) is 118 Å². The van der Waals surface area contributed by atoms with E-state index in [0.717, 1.165) is 128 Å². The molecule has 16 saturated carbocycles. The molecule has 14 heteroatoms. The van der Waals surface area contributed by atoms with Crippen molar-refractivity contribution in [2.24, 2.45) is 118 Å². The van der Waals surface area contributed by atoms with Gasteiger partial charge in [-0.3, -0.25) is 0 Å². The van der Waals surface area contributed by atoms with Crippen molar-refractivity contribution in [3.05, 3.63) is 0 Å². The van der Waals surface area contributed by atoms with Crippen LogP contribution in [0.3, 0.4) is 0 Å². The summed E-state index contributed by atoms with van der Waals surface area (Å²) < 4.78 is 0. The molecule has 24 atom stereocenters. The molecule has 14 nitrogen and oxygen atoms in total. The van der Waals surface area contributed by atoms with Gasteiger partial charge < -0.3 is 71.5 Å². The Labute approximate surface area is 484 Å². The van der Waals surface area contributed by atoms with Crippen LogP contribution in [0.1, 0.15) is 212 Å². The molecule has 0 aromatic heterocycles. The minimum Gasteiger partial charge on any atom is -0.394 e. The molecule has 0 amide bonds. The Bertz CT molecular complexity index is 1520. The maximum absolute atomic E-state index is 10.8. The minimum atomic E-state index is -0.486. The third kappa shape index (κ3) is 14.2. The summed E-state index contributed by atoms with van der Waals surface area (Å²) >= 11 is 0. The first-order valence-electron chi connectivity index (χ1n) is 32.4. The average molecular weight is 1140 g/mol. The van der Waals surface area contributed by atoms with E-state index in [1.807, 2.05) is 55.4 Å². The topological polar surface area (TPSA) is 283 Å². The molecule has 16 bridgehead atoms. The van der Waals surface area contributed by atoms with E-state index in [2.05, 4.69) is 27.7 Å². The van der Waals surface area contributed by atoms with Crippen LogP contribution in [0.4, 0.5) is 0 Å². The van der Waals surface area contributed by atoms with E-state index in [-0.39, 0.29) is 39.6 Å². The van der Waals surface area contributed by atoms with Crippen LogP contribution in [0.2, 0.25) is 0 Å². The van der Waals surface area contributed by atoms with Crippen molar-refractivity contribution < 1.29 is 71.5 Å². The summed E-state index contributed by atoms with van der Waals surface area (Å²) in [4.78, 5) is 0. The van der Waals surface area contributed by atoms with Crippen molar-refractivity contribution in [2.45, 2.75) is 256 Å². The van der Waals surface area contributed by atoms with Crippen LogP contribution in [-0.4, -0.2) is 156 Å². The van der Waals surface area contributed by atoms with Crippen LogP contribution < -0.4 is 0 Å². The van der Waals surface area contributed by atoms with Gasteiger partial charge >= 0.3 is 0 Å². The van der Waals surface area contributed by atoms with E-state index < -0.39 is 44.8 Å². The fraction of sp³-hybridized carbons (Fsp3) is 1.00. The van der Waals surface area contributed by atoms with E-state index in [1.54, 1.807) is 0 Å².